The molecule has 2 aliphatic rings. The highest BCUT2D eigenvalue weighted by molar-refractivity contribution is 4.89. The zero-order valence-corrected chi connectivity index (χ0v) is 13.0. The third-order valence-electron chi connectivity index (χ3n) is 4.84. The first-order valence-corrected chi connectivity index (χ1v) is 8.16. The number of nitrogens with zero attached hydrogens (tertiary/aromatic N) is 1. The summed E-state index contributed by atoms with van der Waals surface area (Å²) >= 11 is 0. The van der Waals surface area contributed by atoms with Crippen LogP contribution >= 0.6 is 0 Å². The highest BCUT2D eigenvalue weighted by Crippen LogP contribution is 2.29. The van der Waals surface area contributed by atoms with Crippen molar-refractivity contribution >= 4 is 0 Å². The fraction of sp³-hybridized carbons (Fsp3) is 1.00. The van der Waals surface area contributed by atoms with Gasteiger partial charge < -0.3 is 15.3 Å². The van der Waals surface area contributed by atoms with Crippen LogP contribution in [0, 0.1) is 11.3 Å². The Kier molecular flexibility index (Phi) is 5.27. The van der Waals surface area contributed by atoms with E-state index in [-0.39, 0.29) is 6.10 Å². The molecular formula is C16H32N2O. The van der Waals surface area contributed by atoms with E-state index in [1.165, 1.54) is 32.2 Å². The largest absolute Gasteiger partial charge is 0.393 e. The van der Waals surface area contributed by atoms with Crippen LogP contribution in [0.5, 0.6) is 0 Å². The first-order valence-electron chi connectivity index (χ1n) is 8.16. The average Bonchev–Trinajstić information content (AvgIpc) is 3.06. The quantitative estimate of drug-likeness (QED) is 0.709. The van der Waals surface area contributed by atoms with Crippen LogP contribution in [0.15, 0.2) is 0 Å². The average molecular weight is 268 g/mol. The van der Waals surface area contributed by atoms with Crippen molar-refractivity contribution in [3.05, 3.63) is 0 Å². The van der Waals surface area contributed by atoms with E-state index in [1.807, 2.05) is 6.92 Å². The Labute approximate surface area is 118 Å². The van der Waals surface area contributed by atoms with Crippen LogP contribution in [-0.4, -0.2) is 48.3 Å². The maximum Gasteiger partial charge on any atom is 0.0552 e. The molecule has 0 aromatic carbocycles. The summed E-state index contributed by atoms with van der Waals surface area (Å²) in [6, 6.07) is 0.806. The summed E-state index contributed by atoms with van der Waals surface area (Å²) in [5.41, 5.74) is 0.394. The monoisotopic (exact) mass is 268 g/mol. The molecule has 0 aromatic heterocycles. The summed E-state index contributed by atoms with van der Waals surface area (Å²) in [6.45, 7) is 11.2. The van der Waals surface area contributed by atoms with Crippen molar-refractivity contribution in [2.24, 2.45) is 11.3 Å². The Morgan fingerprint density at radius 2 is 2.11 bits per heavy atom. The van der Waals surface area contributed by atoms with Crippen LogP contribution in [-0.2, 0) is 0 Å². The van der Waals surface area contributed by atoms with E-state index in [0.29, 0.717) is 11.3 Å². The molecule has 0 bridgehead atoms. The van der Waals surface area contributed by atoms with Crippen LogP contribution in [0.3, 0.4) is 0 Å². The normalized spacial score (nSPS) is 29.4. The molecule has 112 valence electrons. The Hall–Kier alpha value is -0.120. The lowest BCUT2D eigenvalue weighted by Crippen LogP contribution is -2.42. The molecule has 19 heavy (non-hydrogen) atoms. The van der Waals surface area contributed by atoms with Gasteiger partial charge in [-0.1, -0.05) is 20.3 Å². The molecule has 0 amide bonds. The van der Waals surface area contributed by atoms with Crippen LogP contribution in [0.1, 0.15) is 52.9 Å². The van der Waals surface area contributed by atoms with Gasteiger partial charge in [0, 0.05) is 25.7 Å². The second-order valence-corrected chi connectivity index (χ2v) is 7.24. The summed E-state index contributed by atoms with van der Waals surface area (Å²) in [5.74, 6) is 0.488. The number of hydrogen-bond acceptors (Lipinski definition) is 3. The zero-order chi connectivity index (χ0) is 13.9. The smallest absolute Gasteiger partial charge is 0.0552 e. The third-order valence-corrected chi connectivity index (χ3v) is 4.84. The fourth-order valence-corrected chi connectivity index (χ4v) is 3.44. The van der Waals surface area contributed by atoms with Crippen molar-refractivity contribution in [2.45, 2.75) is 65.0 Å². The molecule has 1 aliphatic heterocycles. The number of aliphatic hydroxyl groups is 1. The summed E-state index contributed by atoms with van der Waals surface area (Å²) in [7, 11) is 0. The van der Waals surface area contributed by atoms with Gasteiger partial charge in [0.2, 0.25) is 0 Å². The molecule has 1 heterocycles. The topological polar surface area (TPSA) is 35.5 Å². The van der Waals surface area contributed by atoms with E-state index < -0.39 is 0 Å². The highest BCUT2D eigenvalue weighted by Gasteiger charge is 2.33. The van der Waals surface area contributed by atoms with Gasteiger partial charge in [-0.05, 0) is 50.5 Å². The van der Waals surface area contributed by atoms with Crippen molar-refractivity contribution in [3.63, 3.8) is 0 Å². The number of likely N-dealkylation sites (tertiary alicyclic amines) is 1. The van der Waals surface area contributed by atoms with Gasteiger partial charge >= 0.3 is 0 Å². The lowest BCUT2D eigenvalue weighted by atomic mass is 9.84. The predicted octanol–water partition coefficient (Wildman–Crippen LogP) is 2.25. The predicted molar refractivity (Wildman–Crippen MR) is 80.3 cm³/mol. The third kappa shape index (κ3) is 4.73. The summed E-state index contributed by atoms with van der Waals surface area (Å²) in [6.07, 6.45) is 6.31. The van der Waals surface area contributed by atoms with E-state index in [9.17, 15) is 5.11 Å². The van der Waals surface area contributed by atoms with Gasteiger partial charge in [0.25, 0.3) is 0 Å². The molecule has 1 aliphatic carbocycles. The lowest BCUT2D eigenvalue weighted by molar-refractivity contribution is 0.117. The molecule has 2 rings (SSSR count). The molecule has 1 saturated heterocycles. The van der Waals surface area contributed by atoms with Crippen molar-refractivity contribution < 1.29 is 5.11 Å². The molecule has 3 atom stereocenters. The van der Waals surface area contributed by atoms with Crippen LogP contribution in [0.4, 0.5) is 0 Å². The molecule has 2 N–H and O–H groups in total. The molecule has 0 spiro atoms. The van der Waals surface area contributed by atoms with Gasteiger partial charge in [0.05, 0.1) is 6.10 Å². The SMILES string of the molecule is CCCC(C)(CNC1CC1)CN1CCC(C(C)O)C1. The van der Waals surface area contributed by atoms with Gasteiger partial charge in [0.15, 0.2) is 0 Å². The van der Waals surface area contributed by atoms with Crippen molar-refractivity contribution in [1.82, 2.24) is 10.2 Å². The number of rotatable bonds is 8. The van der Waals surface area contributed by atoms with Crippen molar-refractivity contribution in [2.75, 3.05) is 26.2 Å². The molecule has 3 unspecified atom stereocenters. The maximum absolute atomic E-state index is 9.72. The summed E-state index contributed by atoms with van der Waals surface area (Å²) in [4.78, 5) is 2.57. The summed E-state index contributed by atoms with van der Waals surface area (Å²) < 4.78 is 0. The van der Waals surface area contributed by atoms with Gasteiger partial charge in [-0.2, -0.15) is 0 Å². The van der Waals surface area contributed by atoms with Crippen LogP contribution in [0.25, 0.3) is 0 Å². The molecule has 0 radical (unpaired) electrons. The van der Waals surface area contributed by atoms with Crippen LogP contribution in [0.2, 0.25) is 0 Å². The van der Waals surface area contributed by atoms with Gasteiger partial charge in [-0.15, -0.1) is 0 Å². The number of aliphatic hydroxyl groups excluding tert-OH is 1. The maximum atomic E-state index is 9.72. The van der Waals surface area contributed by atoms with Crippen molar-refractivity contribution in [1.29, 1.82) is 0 Å². The van der Waals surface area contributed by atoms with Gasteiger partial charge in [-0.25, -0.2) is 0 Å². The standard InChI is InChI=1S/C16H32N2O/c1-4-8-16(3,11-17-15-5-6-15)12-18-9-7-14(10-18)13(2)19/h13-15,17,19H,4-12H2,1-3H3. The molecule has 2 fully saturated rings. The lowest BCUT2D eigenvalue weighted by Gasteiger charge is -2.34. The van der Waals surface area contributed by atoms with E-state index in [4.69, 9.17) is 0 Å². The second kappa shape index (κ2) is 6.55. The van der Waals surface area contributed by atoms with Gasteiger partial charge in [-0.3, -0.25) is 0 Å². The number of nitrogens with one attached hydrogen (secondary N) is 1. The van der Waals surface area contributed by atoms with E-state index in [1.54, 1.807) is 0 Å². The molecule has 1 saturated carbocycles. The fourth-order valence-electron chi connectivity index (χ4n) is 3.44. The van der Waals surface area contributed by atoms with E-state index in [0.717, 1.165) is 32.1 Å². The minimum absolute atomic E-state index is 0.146. The Morgan fingerprint density at radius 3 is 2.63 bits per heavy atom. The summed E-state index contributed by atoms with van der Waals surface area (Å²) in [5, 5.41) is 13.4. The van der Waals surface area contributed by atoms with Crippen molar-refractivity contribution in [3.8, 4) is 0 Å². The van der Waals surface area contributed by atoms with E-state index >= 15 is 0 Å². The Morgan fingerprint density at radius 1 is 1.37 bits per heavy atom. The molecule has 3 heteroatoms. The van der Waals surface area contributed by atoms with Gasteiger partial charge in [0.1, 0.15) is 0 Å². The first-order chi connectivity index (χ1) is 9.02. The van der Waals surface area contributed by atoms with Crippen LogP contribution < -0.4 is 5.32 Å². The minimum atomic E-state index is -0.146. The zero-order valence-electron chi connectivity index (χ0n) is 13.0. The molecular weight excluding hydrogens is 236 g/mol. The second-order valence-electron chi connectivity index (χ2n) is 7.24. The Bertz CT molecular complexity index is 278. The van der Waals surface area contributed by atoms with E-state index in [2.05, 4.69) is 24.1 Å². The Balaban J connectivity index is 1.81. The number of hydrogen-bond donors (Lipinski definition) is 2. The highest BCUT2D eigenvalue weighted by atomic mass is 16.3. The molecule has 0 aromatic rings. The molecule has 3 nitrogen and oxygen atoms in total. The first kappa shape index (κ1) is 15.3. The minimum Gasteiger partial charge on any atom is -0.393 e.